The number of piperazine rings is 1. The first-order chi connectivity index (χ1) is 12.5. The van der Waals surface area contributed by atoms with E-state index in [4.69, 9.17) is 9.47 Å². The van der Waals surface area contributed by atoms with Gasteiger partial charge in [0.2, 0.25) is 10.0 Å². The first-order valence-electron chi connectivity index (χ1n) is 8.70. The van der Waals surface area contributed by atoms with Crippen molar-refractivity contribution >= 4 is 16.1 Å². The molecule has 0 radical (unpaired) electrons. The molecule has 3 rings (SSSR count). The Labute approximate surface area is 154 Å². The van der Waals surface area contributed by atoms with E-state index < -0.39 is 10.0 Å². The van der Waals surface area contributed by atoms with E-state index in [-0.39, 0.29) is 29.8 Å². The second-order valence-corrected chi connectivity index (χ2v) is 8.44. The second kappa shape index (κ2) is 7.71. The van der Waals surface area contributed by atoms with Gasteiger partial charge in [0.05, 0.1) is 14.2 Å². The Morgan fingerprint density at radius 3 is 2.42 bits per heavy atom. The Morgan fingerprint density at radius 1 is 1.15 bits per heavy atom. The molecule has 1 saturated carbocycles. The van der Waals surface area contributed by atoms with Gasteiger partial charge in [-0.2, -0.15) is 4.31 Å². The summed E-state index contributed by atoms with van der Waals surface area (Å²) < 4.78 is 37.7. The lowest BCUT2D eigenvalue weighted by molar-refractivity contribution is 0.172. The van der Waals surface area contributed by atoms with Gasteiger partial charge < -0.3 is 19.7 Å². The zero-order chi connectivity index (χ0) is 18.7. The number of ether oxygens (including phenoxy) is 2. The predicted molar refractivity (Wildman–Crippen MR) is 96.0 cm³/mol. The molecule has 2 fully saturated rings. The Kier molecular flexibility index (Phi) is 5.57. The molecule has 1 aromatic rings. The van der Waals surface area contributed by atoms with Crippen molar-refractivity contribution in [3.63, 3.8) is 0 Å². The van der Waals surface area contributed by atoms with Gasteiger partial charge in [0, 0.05) is 38.8 Å². The van der Waals surface area contributed by atoms with Gasteiger partial charge in [-0.15, -0.1) is 0 Å². The normalized spacial score (nSPS) is 18.5. The van der Waals surface area contributed by atoms with Crippen LogP contribution in [0.1, 0.15) is 12.8 Å². The zero-order valence-corrected chi connectivity index (χ0v) is 15.9. The van der Waals surface area contributed by atoms with Crippen LogP contribution in [0.15, 0.2) is 23.1 Å². The minimum atomic E-state index is -3.73. The zero-order valence-electron chi connectivity index (χ0n) is 15.1. The number of benzene rings is 1. The van der Waals surface area contributed by atoms with E-state index in [0.717, 1.165) is 0 Å². The molecule has 1 aliphatic carbocycles. The third-order valence-corrected chi connectivity index (χ3v) is 6.67. The molecule has 0 bridgehead atoms. The SMILES string of the molecule is COc1ccc(OC)c(S(=O)(=O)N2CCN(C(=O)NCC3CC3)CC2)c1. The molecule has 2 aliphatic rings. The van der Waals surface area contributed by atoms with E-state index in [1.54, 1.807) is 17.0 Å². The topological polar surface area (TPSA) is 88.2 Å². The lowest BCUT2D eigenvalue weighted by atomic mass is 10.3. The number of sulfonamides is 1. The molecule has 8 nitrogen and oxygen atoms in total. The van der Waals surface area contributed by atoms with Crippen LogP contribution in [0, 0.1) is 5.92 Å². The van der Waals surface area contributed by atoms with Crippen molar-refractivity contribution in [2.75, 3.05) is 46.9 Å². The number of urea groups is 1. The van der Waals surface area contributed by atoms with Crippen molar-refractivity contribution in [3.8, 4) is 11.5 Å². The molecule has 0 spiro atoms. The van der Waals surface area contributed by atoms with Crippen molar-refractivity contribution in [2.45, 2.75) is 17.7 Å². The van der Waals surface area contributed by atoms with Crippen LogP contribution in [0.2, 0.25) is 0 Å². The smallest absolute Gasteiger partial charge is 0.317 e. The molecule has 1 aromatic carbocycles. The van der Waals surface area contributed by atoms with Crippen molar-refractivity contribution in [1.82, 2.24) is 14.5 Å². The molecule has 1 aliphatic heterocycles. The van der Waals surface area contributed by atoms with Gasteiger partial charge >= 0.3 is 6.03 Å². The first kappa shape index (κ1) is 18.8. The van der Waals surface area contributed by atoms with E-state index in [9.17, 15) is 13.2 Å². The third kappa shape index (κ3) is 4.04. The van der Waals surface area contributed by atoms with Gasteiger partial charge in [0.15, 0.2) is 0 Å². The summed E-state index contributed by atoms with van der Waals surface area (Å²) in [5, 5.41) is 2.92. The fraction of sp³-hybridized carbons (Fsp3) is 0.588. The van der Waals surface area contributed by atoms with Crippen LogP contribution in [0.5, 0.6) is 11.5 Å². The number of hydrogen-bond acceptors (Lipinski definition) is 5. The summed E-state index contributed by atoms with van der Waals surface area (Å²) in [6, 6.07) is 4.57. The third-order valence-electron chi connectivity index (χ3n) is 4.75. The first-order valence-corrected chi connectivity index (χ1v) is 10.1. The lowest BCUT2D eigenvalue weighted by Crippen LogP contribution is -2.53. The number of nitrogens with one attached hydrogen (secondary N) is 1. The average molecular weight is 383 g/mol. The van der Waals surface area contributed by atoms with Crippen LogP contribution in [0.4, 0.5) is 4.79 Å². The maximum Gasteiger partial charge on any atom is 0.317 e. The fourth-order valence-electron chi connectivity index (χ4n) is 2.92. The van der Waals surface area contributed by atoms with E-state index in [2.05, 4.69) is 5.32 Å². The van der Waals surface area contributed by atoms with Crippen LogP contribution >= 0.6 is 0 Å². The molecule has 2 amide bonds. The van der Waals surface area contributed by atoms with Gasteiger partial charge in [-0.1, -0.05) is 0 Å². The predicted octanol–water partition coefficient (Wildman–Crippen LogP) is 1.13. The highest BCUT2D eigenvalue weighted by Crippen LogP contribution is 2.31. The lowest BCUT2D eigenvalue weighted by Gasteiger charge is -2.34. The number of rotatable bonds is 6. The minimum absolute atomic E-state index is 0.0750. The van der Waals surface area contributed by atoms with Crippen molar-refractivity contribution in [3.05, 3.63) is 18.2 Å². The molecule has 9 heteroatoms. The summed E-state index contributed by atoms with van der Waals surface area (Å²) in [5.41, 5.74) is 0. The summed E-state index contributed by atoms with van der Waals surface area (Å²) in [5.74, 6) is 1.33. The molecule has 1 saturated heterocycles. The number of carbonyl (C=O) groups is 1. The Bertz CT molecular complexity index is 756. The van der Waals surface area contributed by atoms with Crippen LogP contribution in [-0.4, -0.2) is 70.6 Å². The molecule has 0 atom stereocenters. The van der Waals surface area contributed by atoms with E-state index in [0.29, 0.717) is 31.3 Å². The van der Waals surface area contributed by atoms with Crippen LogP contribution in [-0.2, 0) is 10.0 Å². The van der Waals surface area contributed by atoms with Crippen LogP contribution in [0.3, 0.4) is 0 Å². The van der Waals surface area contributed by atoms with Gasteiger partial charge in [-0.05, 0) is 30.9 Å². The minimum Gasteiger partial charge on any atom is -0.497 e. The highest BCUT2D eigenvalue weighted by molar-refractivity contribution is 7.89. The standard InChI is InChI=1S/C17H25N3O5S/c1-24-14-5-6-15(25-2)16(11-14)26(22,23)20-9-7-19(8-10-20)17(21)18-12-13-3-4-13/h5-6,11,13H,3-4,7-10,12H2,1-2H3,(H,18,21). The maximum atomic E-state index is 13.0. The number of methoxy groups -OCH3 is 2. The van der Waals surface area contributed by atoms with Gasteiger partial charge in [-0.25, -0.2) is 13.2 Å². The molecule has 0 aromatic heterocycles. The molecule has 1 heterocycles. The Morgan fingerprint density at radius 2 is 1.85 bits per heavy atom. The summed E-state index contributed by atoms with van der Waals surface area (Å²) in [7, 11) is -0.815. The Hall–Kier alpha value is -2.00. The van der Waals surface area contributed by atoms with Crippen molar-refractivity contribution in [2.24, 2.45) is 5.92 Å². The van der Waals surface area contributed by atoms with Crippen molar-refractivity contribution < 1.29 is 22.7 Å². The van der Waals surface area contributed by atoms with Crippen LogP contribution < -0.4 is 14.8 Å². The van der Waals surface area contributed by atoms with E-state index in [1.165, 1.54) is 37.4 Å². The summed E-state index contributed by atoms with van der Waals surface area (Å²) >= 11 is 0. The summed E-state index contributed by atoms with van der Waals surface area (Å²) in [6.07, 6.45) is 2.35. The molecule has 1 N–H and O–H groups in total. The highest BCUT2D eigenvalue weighted by atomic mass is 32.2. The molecule has 26 heavy (non-hydrogen) atoms. The summed E-state index contributed by atoms with van der Waals surface area (Å²) in [6.45, 7) is 1.93. The Balaban J connectivity index is 1.67. The molecular formula is C17H25N3O5S. The van der Waals surface area contributed by atoms with Gasteiger partial charge in [0.1, 0.15) is 16.4 Å². The number of nitrogens with zero attached hydrogens (tertiary/aromatic N) is 2. The fourth-order valence-corrected chi connectivity index (χ4v) is 4.51. The second-order valence-electron chi connectivity index (χ2n) is 6.54. The quantitative estimate of drug-likeness (QED) is 0.796. The largest absolute Gasteiger partial charge is 0.497 e. The average Bonchev–Trinajstić information content (AvgIpc) is 3.50. The van der Waals surface area contributed by atoms with E-state index in [1.807, 2.05) is 0 Å². The van der Waals surface area contributed by atoms with Gasteiger partial charge in [-0.3, -0.25) is 0 Å². The maximum absolute atomic E-state index is 13.0. The molecular weight excluding hydrogens is 358 g/mol. The highest BCUT2D eigenvalue weighted by Gasteiger charge is 2.33. The number of amides is 2. The van der Waals surface area contributed by atoms with Gasteiger partial charge in [0.25, 0.3) is 0 Å². The molecule has 144 valence electrons. The van der Waals surface area contributed by atoms with E-state index >= 15 is 0 Å². The number of hydrogen-bond donors (Lipinski definition) is 1. The summed E-state index contributed by atoms with van der Waals surface area (Å²) in [4.78, 5) is 13.9. The number of carbonyl (C=O) groups excluding carboxylic acids is 1. The monoisotopic (exact) mass is 383 g/mol. The van der Waals surface area contributed by atoms with Crippen molar-refractivity contribution in [1.29, 1.82) is 0 Å². The van der Waals surface area contributed by atoms with Crippen LogP contribution in [0.25, 0.3) is 0 Å². The molecule has 0 unspecified atom stereocenters.